The number of anilines is 2. The van der Waals surface area contributed by atoms with Crippen LogP contribution in [0.1, 0.15) is 5.56 Å². The van der Waals surface area contributed by atoms with Crippen molar-refractivity contribution >= 4 is 21.4 Å². The van der Waals surface area contributed by atoms with Gasteiger partial charge in [0.2, 0.25) is 0 Å². The van der Waals surface area contributed by atoms with Gasteiger partial charge < -0.3 is 4.90 Å². The van der Waals surface area contributed by atoms with Gasteiger partial charge in [-0.25, -0.2) is 0 Å². The zero-order valence-corrected chi connectivity index (χ0v) is 13.4. The molecular formula is C13H15F3N4O2S. The molecule has 0 aliphatic rings. The number of benzene rings is 1. The third-order valence-electron chi connectivity index (χ3n) is 3.06. The number of hydrogen-bond acceptors (Lipinski definition) is 4. The number of halogens is 3. The van der Waals surface area contributed by atoms with Crippen molar-refractivity contribution in [2.75, 3.05) is 23.7 Å². The Morgan fingerprint density at radius 2 is 1.87 bits per heavy atom. The summed E-state index contributed by atoms with van der Waals surface area (Å²) in [7, 11) is 0.511. The molecule has 6 nitrogen and oxygen atoms in total. The van der Waals surface area contributed by atoms with E-state index in [9.17, 15) is 21.6 Å². The Morgan fingerprint density at radius 3 is 2.35 bits per heavy atom. The molecule has 1 aromatic carbocycles. The van der Waals surface area contributed by atoms with Gasteiger partial charge in [-0.05, 0) is 24.3 Å². The van der Waals surface area contributed by atoms with E-state index >= 15 is 0 Å². The van der Waals surface area contributed by atoms with Crippen molar-refractivity contribution in [2.24, 2.45) is 7.05 Å². The van der Waals surface area contributed by atoms with Crippen LogP contribution in [0.15, 0.2) is 35.5 Å². The minimum Gasteiger partial charge on any atom is -0.378 e. The Morgan fingerprint density at radius 1 is 1.22 bits per heavy atom. The van der Waals surface area contributed by atoms with E-state index in [2.05, 4.69) is 9.82 Å². The standard InChI is InChI=1S/C13H15F3N4O2S/c1-19(2)11-7-9(13(14,15)16)6-10(8-11)18-23(21,22)12-4-5-17-20(12)3/h4-8,18H,1-3H3. The van der Waals surface area contributed by atoms with Crippen molar-refractivity contribution in [3.8, 4) is 0 Å². The maximum absolute atomic E-state index is 13.0. The minimum absolute atomic E-state index is 0.152. The van der Waals surface area contributed by atoms with Crippen LogP contribution in [0, 0.1) is 0 Å². The Kier molecular flexibility index (Phi) is 4.29. The quantitative estimate of drug-likeness (QED) is 0.921. The third-order valence-corrected chi connectivity index (χ3v) is 4.52. The summed E-state index contributed by atoms with van der Waals surface area (Å²) in [5, 5.41) is 3.58. The lowest BCUT2D eigenvalue weighted by molar-refractivity contribution is -0.137. The molecule has 0 aliphatic heterocycles. The summed E-state index contributed by atoms with van der Waals surface area (Å²) in [6.07, 6.45) is -3.30. The first-order valence-electron chi connectivity index (χ1n) is 6.41. The normalized spacial score (nSPS) is 12.3. The van der Waals surface area contributed by atoms with E-state index in [1.807, 2.05) is 0 Å². The van der Waals surface area contributed by atoms with Crippen LogP contribution in [0.4, 0.5) is 24.5 Å². The summed E-state index contributed by atoms with van der Waals surface area (Å²) in [5.41, 5.74) is -0.890. The average molecular weight is 348 g/mol. The fraction of sp³-hybridized carbons (Fsp3) is 0.308. The number of aryl methyl sites for hydroxylation is 1. The summed E-state index contributed by atoms with van der Waals surface area (Å²) in [5.74, 6) is 0. The summed E-state index contributed by atoms with van der Waals surface area (Å²) in [6.45, 7) is 0. The van der Waals surface area contributed by atoms with Crippen molar-refractivity contribution in [2.45, 2.75) is 11.2 Å². The number of nitrogens with one attached hydrogen (secondary N) is 1. The number of nitrogens with zero attached hydrogens (tertiary/aromatic N) is 3. The summed E-state index contributed by atoms with van der Waals surface area (Å²) >= 11 is 0. The molecule has 2 rings (SSSR count). The largest absolute Gasteiger partial charge is 0.416 e. The zero-order valence-electron chi connectivity index (χ0n) is 12.6. The molecule has 1 N–H and O–H groups in total. The second-order valence-corrected chi connectivity index (χ2v) is 6.69. The lowest BCUT2D eigenvalue weighted by atomic mass is 10.1. The van der Waals surface area contributed by atoms with Crippen LogP contribution in [0.2, 0.25) is 0 Å². The maximum Gasteiger partial charge on any atom is 0.416 e. The fourth-order valence-electron chi connectivity index (χ4n) is 1.92. The molecule has 0 aliphatic carbocycles. The first-order valence-corrected chi connectivity index (χ1v) is 7.89. The Balaban J connectivity index is 2.47. The van der Waals surface area contributed by atoms with Crippen molar-refractivity contribution in [1.29, 1.82) is 0 Å². The molecular weight excluding hydrogens is 333 g/mol. The number of rotatable bonds is 4. The molecule has 0 bridgehead atoms. The molecule has 0 fully saturated rings. The Bertz CT molecular complexity index is 813. The van der Waals surface area contributed by atoms with E-state index in [-0.39, 0.29) is 16.4 Å². The predicted octanol–water partition coefficient (Wildman–Crippen LogP) is 2.31. The molecule has 0 radical (unpaired) electrons. The van der Waals surface area contributed by atoms with Gasteiger partial charge in [0, 0.05) is 26.8 Å². The number of alkyl halides is 3. The van der Waals surface area contributed by atoms with E-state index < -0.39 is 21.8 Å². The molecule has 126 valence electrons. The van der Waals surface area contributed by atoms with Gasteiger partial charge in [0.1, 0.15) is 0 Å². The molecule has 0 amide bonds. The Hall–Kier alpha value is -2.23. The van der Waals surface area contributed by atoms with E-state index in [0.717, 1.165) is 16.8 Å². The van der Waals surface area contributed by atoms with Gasteiger partial charge >= 0.3 is 6.18 Å². The third kappa shape index (κ3) is 3.76. The Labute approximate surface area is 131 Å². The molecule has 0 unspecified atom stereocenters. The molecule has 23 heavy (non-hydrogen) atoms. The lowest BCUT2D eigenvalue weighted by Crippen LogP contribution is -2.18. The second-order valence-electron chi connectivity index (χ2n) is 5.06. The highest BCUT2D eigenvalue weighted by Gasteiger charge is 2.32. The van der Waals surface area contributed by atoms with E-state index in [1.165, 1.54) is 30.3 Å². The van der Waals surface area contributed by atoms with Crippen LogP contribution in [-0.4, -0.2) is 32.3 Å². The van der Waals surface area contributed by atoms with E-state index in [0.29, 0.717) is 0 Å². The van der Waals surface area contributed by atoms with Gasteiger partial charge in [-0.2, -0.15) is 26.7 Å². The molecule has 1 heterocycles. The van der Waals surface area contributed by atoms with Gasteiger partial charge in [-0.3, -0.25) is 9.40 Å². The van der Waals surface area contributed by atoms with Gasteiger partial charge in [-0.15, -0.1) is 0 Å². The summed E-state index contributed by atoms with van der Waals surface area (Å²) < 4.78 is 66.7. The van der Waals surface area contributed by atoms with Crippen LogP contribution < -0.4 is 9.62 Å². The first-order chi connectivity index (χ1) is 10.5. The molecule has 10 heteroatoms. The topological polar surface area (TPSA) is 67.2 Å². The number of sulfonamides is 1. The van der Waals surface area contributed by atoms with E-state index in [4.69, 9.17) is 0 Å². The minimum atomic E-state index is -4.58. The van der Waals surface area contributed by atoms with Crippen molar-refractivity contribution < 1.29 is 21.6 Å². The smallest absolute Gasteiger partial charge is 0.378 e. The summed E-state index contributed by atoms with van der Waals surface area (Å²) in [4.78, 5) is 1.46. The first kappa shape index (κ1) is 17.1. The summed E-state index contributed by atoms with van der Waals surface area (Å²) in [6, 6.07) is 4.27. The highest BCUT2D eigenvalue weighted by Crippen LogP contribution is 2.34. The van der Waals surface area contributed by atoms with Crippen molar-refractivity contribution in [3.63, 3.8) is 0 Å². The average Bonchev–Trinajstić information content (AvgIpc) is 2.84. The SMILES string of the molecule is CN(C)c1cc(NS(=O)(=O)c2ccnn2C)cc(C(F)(F)F)c1. The molecule has 0 spiro atoms. The van der Waals surface area contributed by atoms with Gasteiger partial charge in [-0.1, -0.05) is 0 Å². The molecule has 2 aromatic rings. The van der Waals surface area contributed by atoms with Crippen LogP contribution in [0.25, 0.3) is 0 Å². The van der Waals surface area contributed by atoms with Gasteiger partial charge in [0.15, 0.2) is 5.03 Å². The van der Waals surface area contributed by atoms with Crippen LogP contribution in [0.5, 0.6) is 0 Å². The molecule has 1 aromatic heterocycles. The van der Waals surface area contributed by atoms with Gasteiger partial charge in [0.25, 0.3) is 10.0 Å². The predicted molar refractivity (Wildman–Crippen MR) is 79.8 cm³/mol. The molecule has 0 saturated carbocycles. The monoisotopic (exact) mass is 348 g/mol. The maximum atomic E-state index is 13.0. The highest BCUT2D eigenvalue weighted by molar-refractivity contribution is 7.92. The molecule has 0 atom stereocenters. The van der Waals surface area contributed by atoms with Crippen molar-refractivity contribution in [3.05, 3.63) is 36.0 Å². The number of hydrogen-bond donors (Lipinski definition) is 1. The number of aromatic nitrogens is 2. The van der Waals surface area contributed by atoms with Crippen LogP contribution in [0.3, 0.4) is 0 Å². The molecule has 0 saturated heterocycles. The zero-order chi connectivity index (χ0) is 17.4. The fourth-order valence-corrected chi connectivity index (χ4v) is 3.09. The van der Waals surface area contributed by atoms with Gasteiger partial charge in [0.05, 0.1) is 17.4 Å². The lowest BCUT2D eigenvalue weighted by Gasteiger charge is -2.18. The second kappa shape index (κ2) is 5.76. The van der Waals surface area contributed by atoms with Crippen molar-refractivity contribution in [1.82, 2.24) is 9.78 Å². The van der Waals surface area contributed by atoms with E-state index in [1.54, 1.807) is 14.1 Å². The highest BCUT2D eigenvalue weighted by atomic mass is 32.2. The van der Waals surface area contributed by atoms with Crippen LogP contribution >= 0.6 is 0 Å². The van der Waals surface area contributed by atoms with Crippen LogP contribution in [-0.2, 0) is 23.2 Å².